The molecule has 1 fully saturated rings. The summed E-state index contributed by atoms with van der Waals surface area (Å²) >= 11 is 0. The van der Waals surface area contributed by atoms with E-state index in [1.807, 2.05) is 6.20 Å². The summed E-state index contributed by atoms with van der Waals surface area (Å²) in [4.78, 5) is 18.8. The molecular weight excluding hydrogens is 254 g/mol. The summed E-state index contributed by atoms with van der Waals surface area (Å²) in [5, 5.41) is 0. The molecule has 0 aliphatic carbocycles. The molecular formula is C14H17N5O. The Morgan fingerprint density at radius 3 is 2.40 bits per heavy atom. The first-order chi connectivity index (χ1) is 9.92. The van der Waals surface area contributed by atoms with Crippen molar-refractivity contribution in [3.8, 4) is 5.88 Å². The second kappa shape index (κ2) is 6.27. The first-order valence-electron chi connectivity index (χ1n) is 6.81. The highest BCUT2D eigenvalue weighted by molar-refractivity contribution is 5.35. The zero-order chi connectivity index (χ0) is 13.6. The van der Waals surface area contributed by atoms with Crippen LogP contribution < -0.4 is 9.64 Å². The van der Waals surface area contributed by atoms with Crippen molar-refractivity contribution in [2.75, 3.05) is 24.6 Å². The molecule has 1 saturated heterocycles. The zero-order valence-corrected chi connectivity index (χ0v) is 11.2. The van der Waals surface area contributed by atoms with Gasteiger partial charge in [-0.3, -0.25) is 9.97 Å². The summed E-state index contributed by atoms with van der Waals surface area (Å²) in [5.74, 6) is 2.12. The maximum absolute atomic E-state index is 5.67. The number of anilines is 1. The van der Waals surface area contributed by atoms with Crippen LogP contribution in [0.2, 0.25) is 0 Å². The summed E-state index contributed by atoms with van der Waals surface area (Å²) in [6.07, 6.45) is 12.4. The summed E-state index contributed by atoms with van der Waals surface area (Å²) in [7, 11) is 0. The minimum atomic E-state index is 0.560. The van der Waals surface area contributed by atoms with Crippen molar-refractivity contribution in [1.82, 2.24) is 19.9 Å². The Morgan fingerprint density at radius 1 is 1.00 bits per heavy atom. The van der Waals surface area contributed by atoms with Gasteiger partial charge in [0.2, 0.25) is 5.88 Å². The highest BCUT2D eigenvalue weighted by Gasteiger charge is 2.20. The van der Waals surface area contributed by atoms with Crippen molar-refractivity contribution < 1.29 is 4.74 Å². The molecule has 0 aromatic carbocycles. The van der Waals surface area contributed by atoms with E-state index in [4.69, 9.17) is 4.74 Å². The number of ether oxygens (including phenoxy) is 1. The molecule has 1 aliphatic heterocycles. The van der Waals surface area contributed by atoms with Gasteiger partial charge in [-0.2, -0.15) is 0 Å². The molecule has 1 aliphatic rings. The Kier molecular flexibility index (Phi) is 4.01. The monoisotopic (exact) mass is 271 g/mol. The Balaban J connectivity index is 1.47. The van der Waals surface area contributed by atoms with Gasteiger partial charge in [0.05, 0.1) is 19.0 Å². The van der Waals surface area contributed by atoms with Gasteiger partial charge in [0.25, 0.3) is 0 Å². The molecule has 0 radical (unpaired) electrons. The van der Waals surface area contributed by atoms with Gasteiger partial charge in [-0.1, -0.05) is 0 Å². The van der Waals surface area contributed by atoms with Crippen molar-refractivity contribution in [2.24, 2.45) is 5.92 Å². The van der Waals surface area contributed by atoms with E-state index in [1.165, 1.54) is 0 Å². The van der Waals surface area contributed by atoms with E-state index in [-0.39, 0.29) is 0 Å². The van der Waals surface area contributed by atoms with Crippen molar-refractivity contribution in [1.29, 1.82) is 0 Å². The highest BCUT2D eigenvalue weighted by Crippen LogP contribution is 2.21. The quantitative estimate of drug-likeness (QED) is 0.841. The first kappa shape index (κ1) is 12.8. The summed E-state index contributed by atoms with van der Waals surface area (Å²) in [5.41, 5.74) is 0. The standard InChI is InChI=1S/C14H17N5O/c1-7-19(13-9-15-3-5-17-13)8-2-12(1)11-20-14-10-16-4-6-18-14/h3-6,9-10,12H,1-2,7-8,11H2. The molecule has 2 aromatic rings. The van der Waals surface area contributed by atoms with Gasteiger partial charge in [-0.25, -0.2) is 9.97 Å². The number of piperidine rings is 1. The lowest BCUT2D eigenvalue weighted by molar-refractivity contribution is 0.215. The van der Waals surface area contributed by atoms with E-state index < -0.39 is 0 Å². The molecule has 0 spiro atoms. The first-order valence-corrected chi connectivity index (χ1v) is 6.81. The summed E-state index contributed by atoms with van der Waals surface area (Å²) in [6.45, 7) is 2.69. The molecule has 3 heterocycles. The molecule has 0 bridgehead atoms. The summed E-state index contributed by atoms with van der Waals surface area (Å²) in [6, 6.07) is 0. The highest BCUT2D eigenvalue weighted by atomic mass is 16.5. The minimum absolute atomic E-state index is 0.560. The van der Waals surface area contributed by atoms with Crippen LogP contribution in [0.25, 0.3) is 0 Å². The Hall–Kier alpha value is -2.24. The number of hydrogen-bond acceptors (Lipinski definition) is 6. The topological polar surface area (TPSA) is 64.0 Å². The molecule has 20 heavy (non-hydrogen) atoms. The average Bonchev–Trinajstić information content (AvgIpc) is 2.55. The Morgan fingerprint density at radius 2 is 1.75 bits per heavy atom. The Labute approximate surface area is 117 Å². The zero-order valence-electron chi connectivity index (χ0n) is 11.2. The fourth-order valence-electron chi connectivity index (χ4n) is 2.35. The summed E-state index contributed by atoms with van der Waals surface area (Å²) < 4.78 is 5.67. The molecule has 6 heteroatoms. The lowest BCUT2D eigenvalue weighted by Gasteiger charge is -2.32. The molecule has 0 N–H and O–H groups in total. The molecule has 104 valence electrons. The fraction of sp³-hybridized carbons (Fsp3) is 0.429. The van der Waals surface area contributed by atoms with Crippen LogP contribution in [-0.4, -0.2) is 39.6 Å². The number of aromatic nitrogens is 4. The third-order valence-electron chi connectivity index (χ3n) is 3.49. The second-order valence-corrected chi connectivity index (χ2v) is 4.85. The van der Waals surface area contributed by atoms with Crippen LogP contribution in [0.3, 0.4) is 0 Å². The van der Waals surface area contributed by atoms with Crippen molar-refractivity contribution >= 4 is 5.82 Å². The predicted octanol–water partition coefficient (Wildman–Crippen LogP) is 1.56. The number of rotatable bonds is 4. The lowest BCUT2D eigenvalue weighted by Crippen LogP contribution is -2.36. The van der Waals surface area contributed by atoms with Gasteiger partial charge in [-0.05, 0) is 18.8 Å². The van der Waals surface area contributed by atoms with Gasteiger partial charge in [0, 0.05) is 37.9 Å². The van der Waals surface area contributed by atoms with E-state index in [0.29, 0.717) is 18.4 Å². The van der Waals surface area contributed by atoms with E-state index >= 15 is 0 Å². The minimum Gasteiger partial charge on any atom is -0.476 e. The smallest absolute Gasteiger partial charge is 0.232 e. The van der Waals surface area contributed by atoms with Crippen molar-refractivity contribution in [3.63, 3.8) is 0 Å². The molecule has 0 saturated carbocycles. The van der Waals surface area contributed by atoms with Crippen LogP contribution in [0, 0.1) is 5.92 Å². The van der Waals surface area contributed by atoms with Crippen molar-refractivity contribution in [2.45, 2.75) is 12.8 Å². The van der Waals surface area contributed by atoms with E-state index in [2.05, 4.69) is 24.8 Å². The molecule has 0 atom stereocenters. The van der Waals surface area contributed by atoms with Crippen LogP contribution in [0.4, 0.5) is 5.82 Å². The van der Waals surface area contributed by atoms with Gasteiger partial charge < -0.3 is 9.64 Å². The fourth-order valence-corrected chi connectivity index (χ4v) is 2.35. The van der Waals surface area contributed by atoms with Gasteiger partial charge >= 0.3 is 0 Å². The molecule has 0 amide bonds. The third kappa shape index (κ3) is 3.20. The largest absolute Gasteiger partial charge is 0.476 e. The third-order valence-corrected chi connectivity index (χ3v) is 3.49. The lowest BCUT2D eigenvalue weighted by atomic mass is 9.98. The normalized spacial score (nSPS) is 16.1. The van der Waals surface area contributed by atoms with Crippen molar-refractivity contribution in [3.05, 3.63) is 37.2 Å². The van der Waals surface area contributed by atoms with Crippen LogP contribution in [-0.2, 0) is 0 Å². The van der Waals surface area contributed by atoms with Crippen LogP contribution in [0.5, 0.6) is 5.88 Å². The molecule has 0 unspecified atom stereocenters. The molecule has 6 nitrogen and oxygen atoms in total. The van der Waals surface area contributed by atoms with Crippen LogP contribution >= 0.6 is 0 Å². The van der Waals surface area contributed by atoms with E-state index in [9.17, 15) is 0 Å². The number of nitrogens with zero attached hydrogens (tertiary/aromatic N) is 5. The second-order valence-electron chi connectivity index (χ2n) is 4.85. The van der Waals surface area contributed by atoms with Crippen LogP contribution in [0.1, 0.15) is 12.8 Å². The van der Waals surface area contributed by atoms with Gasteiger partial charge in [0.15, 0.2) is 0 Å². The van der Waals surface area contributed by atoms with Gasteiger partial charge in [-0.15, -0.1) is 0 Å². The number of hydrogen-bond donors (Lipinski definition) is 0. The van der Waals surface area contributed by atoms with E-state index in [1.54, 1.807) is 31.0 Å². The SMILES string of the molecule is c1cnc(OCC2CCN(c3cnccn3)CC2)cn1. The predicted molar refractivity (Wildman–Crippen MR) is 74.5 cm³/mol. The average molecular weight is 271 g/mol. The van der Waals surface area contributed by atoms with E-state index in [0.717, 1.165) is 31.7 Å². The van der Waals surface area contributed by atoms with Crippen LogP contribution in [0.15, 0.2) is 37.2 Å². The maximum Gasteiger partial charge on any atom is 0.232 e. The maximum atomic E-state index is 5.67. The molecule has 2 aromatic heterocycles. The molecule has 3 rings (SSSR count). The Bertz CT molecular complexity index is 514. The van der Waals surface area contributed by atoms with Gasteiger partial charge in [0.1, 0.15) is 5.82 Å².